The van der Waals surface area contributed by atoms with E-state index in [9.17, 15) is 18.0 Å². The quantitative estimate of drug-likeness (QED) is 0.190. The molecule has 0 heterocycles. The van der Waals surface area contributed by atoms with Gasteiger partial charge in [0.25, 0.3) is 10.0 Å². The van der Waals surface area contributed by atoms with Gasteiger partial charge in [0.2, 0.25) is 11.8 Å². The minimum absolute atomic E-state index is 0.0145. The fourth-order valence-corrected chi connectivity index (χ4v) is 6.53. The highest BCUT2D eigenvalue weighted by Crippen LogP contribution is 2.28. The molecule has 0 saturated carbocycles. The summed E-state index contributed by atoms with van der Waals surface area (Å²) in [7, 11) is -2.68. The van der Waals surface area contributed by atoms with E-state index in [-0.39, 0.29) is 17.9 Å². The minimum Gasteiger partial charge on any atom is -0.357 e. The molecule has 0 aliphatic carbocycles. The van der Waals surface area contributed by atoms with Gasteiger partial charge in [0.15, 0.2) is 0 Å². The molecule has 43 heavy (non-hydrogen) atoms. The van der Waals surface area contributed by atoms with Crippen LogP contribution in [0.25, 0.3) is 0 Å². The molecule has 0 bridgehead atoms. The number of hydrogen-bond donors (Lipinski definition) is 1. The molecule has 0 aromatic heterocycles. The van der Waals surface area contributed by atoms with Crippen molar-refractivity contribution in [3.8, 4) is 0 Å². The topological polar surface area (TPSA) is 86.8 Å². The van der Waals surface area contributed by atoms with Crippen LogP contribution in [-0.2, 0) is 32.6 Å². The van der Waals surface area contributed by atoms with Gasteiger partial charge < -0.3 is 10.2 Å². The molecule has 0 aliphatic rings. The van der Waals surface area contributed by atoms with Gasteiger partial charge in [-0.1, -0.05) is 93.2 Å². The normalized spacial score (nSPS) is 11.9. The lowest BCUT2D eigenvalue weighted by molar-refractivity contribution is -0.139. The average molecular weight is 703 g/mol. The van der Waals surface area contributed by atoms with Gasteiger partial charge in [-0.05, 0) is 66.6 Å². The molecule has 1 atom stereocenters. The number of halogens is 3. The molecule has 0 fully saturated rings. The van der Waals surface area contributed by atoms with Crippen molar-refractivity contribution in [1.29, 1.82) is 0 Å². The molecule has 0 aliphatic heterocycles. The summed E-state index contributed by atoms with van der Waals surface area (Å²) in [6.07, 6.45) is 0.205. The molecular weight excluding hydrogens is 673 g/mol. The Bertz CT molecular complexity index is 1690. The molecule has 0 saturated heterocycles. The Labute approximate surface area is 270 Å². The molecular formula is C32H30BrCl2N3O4S. The lowest BCUT2D eigenvalue weighted by Gasteiger charge is -2.33. The van der Waals surface area contributed by atoms with Gasteiger partial charge in [0.1, 0.15) is 12.6 Å². The van der Waals surface area contributed by atoms with Crippen LogP contribution in [0.4, 0.5) is 5.69 Å². The summed E-state index contributed by atoms with van der Waals surface area (Å²) in [6, 6.07) is 26.4. The second-order valence-electron chi connectivity index (χ2n) is 9.89. The van der Waals surface area contributed by atoms with Crippen LogP contribution in [0.2, 0.25) is 10.0 Å². The number of carbonyl (C=O) groups excluding carboxylic acids is 2. The Morgan fingerprint density at radius 3 is 2.12 bits per heavy atom. The molecule has 1 unspecified atom stereocenters. The number of hydrogen-bond acceptors (Lipinski definition) is 4. The van der Waals surface area contributed by atoms with Crippen LogP contribution in [0.1, 0.15) is 16.7 Å². The highest BCUT2D eigenvalue weighted by Gasteiger charge is 2.34. The zero-order chi connectivity index (χ0) is 31.1. The van der Waals surface area contributed by atoms with Crippen molar-refractivity contribution < 1.29 is 18.0 Å². The van der Waals surface area contributed by atoms with Gasteiger partial charge in [0, 0.05) is 24.5 Å². The van der Waals surface area contributed by atoms with E-state index in [2.05, 4.69) is 21.2 Å². The molecule has 2 amide bonds. The SMILES string of the molecule is CNC(=O)C(Cc1ccccc1)N(Cc1ccc(Cl)c(Cl)c1)C(=O)CN(c1ccc(Br)cc1)S(=O)(=O)c1ccc(C)cc1. The lowest BCUT2D eigenvalue weighted by Crippen LogP contribution is -2.53. The molecule has 0 spiro atoms. The second kappa shape index (κ2) is 14.4. The monoisotopic (exact) mass is 701 g/mol. The first-order valence-electron chi connectivity index (χ1n) is 13.3. The summed E-state index contributed by atoms with van der Waals surface area (Å²) < 4.78 is 29.8. The van der Waals surface area contributed by atoms with Crippen LogP contribution in [0, 0.1) is 6.92 Å². The molecule has 4 aromatic carbocycles. The molecule has 1 N–H and O–H groups in total. The number of nitrogens with zero attached hydrogens (tertiary/aromatic N) is 2. The van der Waals surface area contributed by atoms with Crippen molar-refractivity contribution in [1.82, 2.24) is 10.2 Å². The number of nitrogens with one attached hydrogen (secondary N) is 1. The first kappa shape index (κ1) is 32.5. The van der Waals surface area contributed by atoms with Gasteiger partial charge >= 0.3 is 0 Å². The molecule has 224 valence electrons. The number of likely N-dealkylation sites (N-methyl/N-ethyl adjacent to an activating group) is 1. The number of sulfonamides is 1. The van der Waals surface area contributed by atoms with Crippen molar-refractivity contribution in [3.63, 3.8) is 0 Å². The van der Waals surface area contributed by atoms with Gasteiger partial charge in [-0.2, -0.15) is 0 Å². The van der Waals surface area contributed by atoms with Crippen LogP contribution >= 0.6 is 39.1 Å². The van der Waals surface area contributed by atoms with Crippen molar-refractivity contribution in [2.75, 3.05) is 17.9 Å². The Morgan fingerprint density at radius 2 is 1.51 bits per heavy atom. The maximum Gasteiger partial charge on any atom is 0.264 e. The molecule has 0 radical (unpaired) electrons. The van der Waals surface area contributed by atoms with Crippen molar-refractivity contribution in [2.24, 2.45) is 0 Å². The van der Waals surface area contributed by atoms with Crippen molar-refractivity contribution >= 4 is 66.7 Å². The average Bonchev–Trinajstić information content (AvgIpc) is 3.00. The highest BCUT2D eigenvalue weighted by molar-refractivity contribution is 9.10. The van der Waals surface area contributed by atoms with Gasteiger partial charge in [-0.3, -0.25) is 13.9 Å². The predicted molar refractivity (Wildman–Crippen MR) is 175 cm³/mol. The van der Waals surface area contributed by atoms with E-state index >= 15 is 0 Å². The van der Waals surface area contributed by atoms with E-state index in [1.165, 1.54) is 24.1 Å². The summed E-state index contributed by atoms with van der Waals surface area (Å²) in [5.74, 6) is -0.969. The molecule has 11 heteroatoms. The van der Waals surface area contributed by atoms with Crippen LogP contribution < -0.4 is 9.62 Å². The summed E-state index contributed by atoms with van der Waals surface area (Å²) in [6.45, 7) is 1.29. The molecule has 4 rings (SSSR count). The van der Waals surface area contributed by atoms with Crippen molar-refractivity contribution in [2.45, 2.75) is 30.8 Å². The third-order valence-electron chi connectivity index (χ3n) is 6.86. The summed E-state index contributed by atoms with van der Waals surface area (Å²) in [4.78, 5) is 29.1. The third kappa shape index (κ3) is 8.17. The van der Waals surface area contributed by atoms with Crippen LogP contribution in [-0.4, -0.2) is 44.8 Å². The van der Waals surface area contributed by atoms with E-state index in [1.54, 1.807) is 54.6 Å². The number of anilines is 1. The summed E-state index contributed by atoms with van der Waals surface area (Å²) >= 11 is 15.8. The fraction of sp³-hybridized carbons (Fsp3) is 0.188. The highest BCUT2D eigenvalue weighted by atomic mass is 79.9. The largest absolute Gasteiger partial charge is 0.357 e. The minimum atomic E-state index is -4.18. The maximum atomic E-state index is 14.3. The second-order valence-corrected chi connectivity index (χ2v) is 13.5. The van der Waals surface area contributed by atoms with Gasteiger partial charge in [-0.15, -0.1) is 0 Å². The number of aryl methyl sites for hydroxylation is 1. The number of carbonyl (C=O) groups is 2. The predicted octanol–water partition coefficient (Wildman–Crippen LogP) is 6.65. The van der Waals surface area contributed by atoms with Crippen LogP contribution in [0.3, 0.4) is 0 Å². The van der Waals surface area contributed by atoms with Gasteiger partial charge in [-0.25, -0.2) is 8.42 Å². The maximum absolute atomic E-state index is 14.3. The van der Waals surface area contributed by atoms with E-state index in [1.807, 2.05) is 37.3 Å². The number of rotatable bonds is 11. The number of benzene rings is 4. The smallest absolute Gasteiger partial charge is 0.264 e. The molecule has 4 aromatic rings. The Hall–Kier alpha value is -3.37. The third-order valence-corrected chi connectivity index (χ3v) is 9.91. The fourth-order valence-electron chi connectivity index (χ4n) is 4.53. The Morgan fingerprint density at radius 1 is 0.860 bits per heavy atom. The first-order chi connectivity index (χ1) is 20.5. The van der Waals surface area contributed by atoms with Crippen molar-refractivity contribution in [3.05, 3.63) is 128 Å². The molecule has 7 nitrogen and oxygen atoms in total. The lowest BCUT2D eigenvalue weighted by atomic mass is 10.0. The summed E-state index contributed by atoms with van der Waals surface area (Å²) in [5, 5.41) is 3.31. The van der Waals surface area contributed by atoms with E-state index in [0.717, 1.165) is 19.9 Å². The Kier molecular flexibility index (Phi) is 10.9. The van der Waals surface area contributed by atoms with Crippen LogP contribution in [0.15, 0.2) is 106 Å². The standard InChI is InChI=1S/C32H30BrCl2N3O4S/c1-22-8-15-27(16-9-22)43(41,42)38(26-13-11-25(33)12-14-26)21-31(39)37(20-24-10-17-28(34)29(35)18-24)30(32(40)36-2)19-23-6-4-3-5-7-23/h3-18,30H,19-21H2,1-2H3,(H,36,40). The van der Waals surface area contributed by atoms with E-state index in [0.29, 0.717) is 21.3 Å². The number of amides is 2. The zero-order valence-electron chi connectivity index (χ0n) is 23.5. The first-order valence-corrected chi connectivity index (χ1v) is 16.3. The summed E-state index contributed by atoms with van der Waals surface area (Å²) in [5.41, 5.74) is 2.65. The van der Waals surface area contributed by atoms with Gasteiger partial charge in [0.05, 0.1) is 20.6 Å². The van der Waals surface area contributed by atoms with E-state index in [4.69, 9.17) is 23.2 Å². The Balaban J connectivity index is 1.79. The van der Waals surface area contributed by atoms with E-state index < -0.39 is 34.4 Å². The zero-order valence-corrected chi connectivity index (χ0v) is 27.4. The van der Waals surface area contributed by atoms with Crippen LogP contribution in [0.5, 0.6) is 0 Å².